The minimum atomic E-state index is -0.175. The zero-order chi connectivity index (χ0) is 16.4. The predicted molar refractivity (Wildman–Crippen MR) is 91.9 cm³/mol. The maximum Gasteiger partial charge on any atom is 0.0645 e. The van der Waals surface area contributed by atoms with Crippen LogP contribution >= 0.6 is 0 Å². The standard InChI is InChI=1S/C19H25N3O2/c23-19-8-4-7-17(19)18-14-24-10-9-21(18)12-15-11-20-22(13-15)16-5-2-1-3-6-16/h1-3,5-6,11,13,17-19,23H,4,7-10,12,14H2/t17-,18-,19-/m1/s1. The van der Waals surface area contributed by atoms with Crippen molar-refractivity contribution in [3.05, 3.63) is 48.3 Å². The molecule has 2 fully saturated rings. The van der Waals surface area contributed by atoms with Crippen LogP contribution in [0.4, 0.5) is 0 Å². The van der Waals surface area contributed by atoms with Gasteiger partial charge in [-0.15, -0.1) is 0 Å². The summed E-state index contributed by atoms with van der Waals surface area (Å²) < 4.78 is 7.64. The number of rotatable bonds is 4. The molecule has 0 amide bonds. The van der Waals surface area contributed by atoms with Gasteiger partial charge in [0.2, 0.25) is 0 Å². The number of benzene rings is 1. The summed E-state index contributed by atoms with van der Waals surface area (Å²) >= 11 is 0. The van der Waals surface area contributed by atoms with E-state index in [0.29, 0.717) is 12.0 Å². The van der Waals surface area contributed by atoms with E-state index in [4.69, 9.17) is 4.74 Å². The van der Waals surface area contributed by atoms with E-state index in [1.165, 1.54) is 5.56 Å². The first-order valence-corrected chi connectivity index (χ1v) is 8.90. The topological polar surface area (TPSA) is 50.5 Å². The molecular formula is C19H25N3O2. The van der Waals surface area contributed by atoms with E-state index in [9.17, 15) is 5.11 Å². The van der Waals surface area contributed by atoms with E-state index < -0.39 is 0 Å². The molecule has 0 unspecified atom stereocenters. The zero-order valence-corrected chi connectivity index (χ0v) is 13.9. The van der Waals surface area contributed by atoms with Crippen LogP contribution in [0.1, 0.15) is 24.8 Å². The summed E-state index contributed by atoms with van der Waals surface area (Å²) in [6, 6.07) is 10.5. The van der Waals surface area contributed by atoms with Crippen molar-refractivity contribution in [3.63, 3.8) is 0 Å². The molecule has 1 aliphatic carbocycles. The number of ether oxygens (including phenoxy) is 1. The Balaban J connectivity index is 1.48. The van der Waals surface area contributed by atoms with Gasteiger partial charge < -0.3 is 9.84 Å². The van der Waals surface area contributed by atoms with Crippen molar-refractivity contribution in [2.75, 3.05) is 19.8 Å². The van der Waals surface area contributed by atoms with E-state index in [1.807, 2.05) is 29.1 Å². The van der Waals surface area contributed by atoms with Gasteiger partial charge in [0.05, 0.1) is 31.2 Å². The lowest BCUT2D eigenvalue weighted by molar-refractivity contribution is -0.0536. The van der Waals surface area contributed by atoms with Crippen LogP contribution in [0, 0.1) is 5.92 Å². The fraction of sp³-hybridized carbons (Fsp3) is 0.526. The average molecular weight is 327 g/mol. The number of aliphatic hydroxyl groups excluding tert-OH is 1. The van der Waals surface area contributed by atoms with Gasteiger partial charge in [0.15, 0.2) is 0 Å². The van der Waals surface area contributed by atoms with Gasteiger partial charge in [0, 0.05) is 36.8 Å². The Morgan fingerprint density at radius 2 is 2.08 bits per heavy atom. The Labute approximate surface area is 142 Å². The molecule has 24 heavy (non-hydrogen) atoms. The van der Waals surface area contributed by atoms with Gasteiger partial charge in [-0.05, 0) is 25.0 Å². The number of morpholine rings is 1. The lowest BCUT2D eigenvalue weighted by atomic mass is 9.94. The SMILES string of the molecule is O[C@@H]1CCC[C@@H]1[C@H]1COCCN1Cc1cnn(-c2ccccc2)c1. The lowest BCUT2D eigenvalue weighted by Crippen LogP contribution is -2.50. The van der Waals surface area contributed by atoms with Crippen molar-refractivity contribution < 1.29 is 9.84 Å². The van der Waals surface area contributed by atoms with Crippen molar-refractivity contribution in [2.45, 2.75) is 38.0 Å². The molecule has 5 heteroatoms. The predicted octanol–water partition coefficient (Wildman–Crippen LogP) is 2.23. The van der Waals surface area contributed by atoms with Crippen LogP contribution in [0.25, 0.3) is 5.69 Å². The van der Waals surface area contributed by atoms with Gasteiger partial charge in [0.1, 0.15) is 0 Å². The molecule has 0 radical (unpaired) electrons. The molecule has 1 aliphatic heterocycles. The first-order valence-electron chi connectivity index (χ1n) is 8.90. The first-order chi connectivity index (χ1) is 11.8. The molecule has 1 N–H and O–H groups in total. The van der Waals surface area contributed by atoms with Gasteiger partial charge in [-0.3, -0.25) is 4.90 Å². The zero-order valence-electron chi connectivity index (χ0n) is 13.9. The second-order valence-corrected chi connectivity index (χ2v) is 6.90. The average Bonchev–Trinajstić information content (AvgIpc) is 3.25. The summed E-state index contributed by atoms with van der Waals surface area (Å²) in [6.07, 6.45) is 7.04. The van der Waals surface area contributed by atoms with Gasteiger partial charge in [-0.2, -0.15) is 5.10 Å². The molecule has 128 valence electrons. The molecule has 2 heterocycles. The van der Waals surface area contributed by atoms with Crippen LogP contribution in [0.15, 0.2) is 42.7 Å². The molecule has 1 saturated carbocycles. The Kier molecular flexibility index (Phi) is 4.65. The molecule has 3 atom stereocenters. The third-order valence-electron chi connectivity index (χ3n) is 5.35. The third-order valence-corrected chi connectivity index (χ3v) is 5.35. The van der Waals surface area contributed by atoms with E-state index >= 15 is 0 Å². The van der Waals surface area contributed by atoms with Gasteiger partial charge in [-0.1, -0.05) is 24.6 Å². The van der Waals surface area contributed by atoms with Crippen LogP contribution in [0.3, 0.4) is 0 Å². The number of para-hydroxylation sites is 1. The summed E-state index contributed by atoms with van der Waals surface area (Å²) in [5, 5.41) is 14.8. The molecule has 2 aliphatic rings. The van der Waals surface area contributed by atoms with Gasteiger partial charge >= 0.3 is 0 Å². The van der Waals surface area contributed by atoms with Gasteiger partial charge in [-0.25, -0.2) is 4.68 Å². The molecule has 1 aromatic heterocycles. The van der Waals surface area contributed by atoms with Crippen LogP contribution in [-0.4, -0.2) is 51.7 Å². The highest BCUT2D eigenvalue weighted by Crippen LogP contribution is 2.32. The number of aromatic nitrogens is 2. The summed E-state index contributed by atoms with van der Waals surface area (Å²) in [4.78, 5) is 2.47. The third kappa shape index (κ3) is 3.24. The fourth-order valence-electron chi connectivity index (χ4n) is 4.06. The summed E-state index contributed by atoms with van der Waals surface area (Å²) in [5.41, 5.74) is 2.28. The Morgan fingerprint density at radius 3 is 2.88 bits per heavy atom. The summed E-state index contributed by atoms with van der Waals surface area (Å²) in [5.74, 6) is 0.342. The molecule has 0 bridgehead atoms. The minimum absolute atomic E-state index is 0.175. The highest BCUT2D eigenvalue weighted by Gasteiger charge is 2.37. The lowest BCUT2D eigenvalue weighted by Gasteiger charge is -2.39. The molecule has 4 rings (SSSR count). The number of nitrogens with zero attached hydrogens (tertiary/aromatic N) is 3. The van der Waals surface area contributed by atoms with Crippen molar-refractivity contribution in [3.8, 4) is 5.69 Å². The Bertz CT molecular complexity index is 658. The fourth-order valence-corrected chi connectivity index (χ4v) is 4.06. The highest BCUT2D eigenvalue weighted by molar-refractivity contribution is 5.30. The van der Waals surface area contributed by atoms with Crippen LogP contribution < -0.4 is 0 Å². The highest BCUT2D eigenvalue weighted by atomic mass is 16.5. The van der Waals surface area contributed by atoms with E-state index in [2.05, 4.69) is 28.3 Å². The molecular weight excluding hydrogens is 302 g/mol. The normalized spacial score (nSPS) is 28.3. The summed E-state index contributed by atoms with van der Waals surface area (Å²) in [6.45, 7) is 3.29. The van der Waals surface area contributed by atoms with E-state index in [-0.39, 0.29) is 6.10 Å². The van der Waals surface area contributed by atoms with Crippen molar-refractivity contribution in [1.29, 1.82) is 0 Å². The molecule has 2 aromatic rings. The van der Waals surface area contributed by atoms with Crippen LogP contribution in [0.5, 0.6) is 0 Å². The molecule has 5 nitrogen and oxygen atoms in total. The molecule has 1 aromatic carbocycles. The summed E-state index contributed by atoms with van der Waals surface area (Å²) in [7, 11) is 0. The largest absolute Gasteiger partial charge is 0.393 e. The van der Waals surface area contributed by atoms with E-state index in [1.54, 1.807) is 0 Å². The quantitative estimate of drug-likeness (QED) is 0.936. The van der Waals surface area contributed by atoms with Crippen LogP contribution in [-0.2, 0) is 11.3 Å². The Morgan fingerprint density at radius 1 is 1.21 bits per heavy atom. The van der Waals surface area contributed by atoms with E-state index in [0.717, 1.165) is 51.3 Å². The number of aliphatic hydroxyl groups is 1. The molecule has 1 saturated heterocycles. The maximum atomic E-state index is 10.3. The number of hydrogen-bond donors (Lipinski definition) is 1. The second-order valence-electron chi connectivity index (χ2n) is 6.90. The maximum absolute atomic E-state index is 10.3. The minimum Gasteiger partial charge on any atom is -0.393 e. The first kappa shape index (κ1) is 15.8. The second kappa shape index (κ2) is 7.05. The monoisotopic (exact) mass is 327 g/mol. The number of hydrogen-bond acceptors (Lipinski definition) is 4. The smallest absolute Gasteiger partial charge is 0.0645 e. The van der Waals surface area contributed by atoms with Crippen molar-refractivity contribution in [1.82, 2.24) is 14.7 Å². The van der Waals surface area contributed by atoms with Crippen LogP contribution in [0.2, 0.25) is 0 Å². The van der Waals surface area contributed by atoms with Crippen molar-refractivity contribution >= 4 is 0 Å². The van der Waals surface area contributed by atoms with Crippen molar-refractivity contribution in [2.24, 2.45) is 5.92 Å². The Hall–Kier alpha value is -1.69. The van der Waals surface area contributed by atoms with Gasteiger partial charge in [0.25, 0.3) is 0 Å². The molecule has 0 spiro atoms.